The van der Waals surface area contributed by atoms with Gasteiger partial charge in [-0.25, -0.2) is 9.59 Å². The van der Waals surface area contributed by atoms with E-state index in [1.165, 1.54) is 0 Å². The van der Waals surface area contributed by atoms with Crippen LogP contribution in [0, 0.1) is 5.92 Å². The van der Waals surface area contributed by atoms with Crippen LogP contribution in [0.3, 0.4) is 0 Å². The number of alkyl carbamates (subject to hydrolysis) is 1. The molecule has 0 radical (unpaired) electrons. The number of carbonyl (C=O) groups is 3. The monoisotopic (exact) mass is 438 g/mol. The van der Waals surface area contributed by atoms with E-state index in [1.807, 2.05) is 43.3 Å². The number of carboxylic acids is 1. The Bertz CT molecular complexity index is 942. The molecule has 3 N–H and O–H groups in total. The predicted molar refractivity (Wildman–Crippen MR) is 121 cm³/mol. The Morgan fingerprint density at radius 2 is 1.53 bits per heavy atom. The Labute approximate surface area is 188 Å². The first-order valence-corrected chi connectivity index (χ1v) is 11.0. The largest absolute Gasteiger partial charge is 0.480 e. The zero-order valence-electron chi connectivity index (χ0n) is 18.6. The van der Waals surface area contributed by atoms with Gasteiger partial charge in [-0.3, -0.25) is 4.79 Å². The van der Waals surface area contributed by atoms with E-state index < -0.39 is 30.1 Å². The van der Waals surface area contributed by atoms with Crippen molar-refractivity contribution in [3.63, 3.8) is 0 Å². The maximum atomic E-state index is 12.5. The van der Waals surface area contributed by atoms with Crippen LogP contribution in [0.1, 0.15) is 50.7 Å². The number of aliphatic carboxylic acids is 1. The van der Waals surface area contributed by atoms with Gasteiger partial charge in [0.15, 0.2) is 0 Å². The molecule has 2 aromatic carbocycles. The van der Waals surface area contributed by atoms with Gasteiger partial charge in [0.05, 0.1) is 0 Å². The molecule has 7 heteroatoms. The summed E-state index contributed by atoms with van der Waals surface area (Å²) in [6, 6.07) is 14.8. The molecule has 170 valence electrons. The summed E-state index contributed by atoms with van der Waals surface area (Å²) in [4.78, 5) is 36.0. The lowest BCUT2D eigenvalue weighted by atomic mass is 9.98. The van der Waals surface area contributed by atoms with Gasteiger partial charge < -0.3 is 20.5 Å². The Hall–Kier alpha value is -3.35. The first-order valence-electron chi connectivity index (χ1n) is 11.0. The minimum absolute atomic E-state index is 0.0167. The number of benzene rings is 2. The zero-order valence-corrected chi connectivity index (χ0v) is 18.6. The quantitative estimate of drug-likeness (QED) is 0.550. The van der Waals surface area contributed by atoms with Crippen molar-refractivity contribution >= 4 is 18.0 Å². The van der Waals surface area contributed by atoms with E-state index in [0.29, 0.717) is 6.42 Å². The molecule has 2 atom stereocenters. The number of fused-ring (bicyclic) bond motifs is 3. The molecule has 1 unspecified atom stereocenters. The zero-order chi connectivity index (χ0) is 23.3. The van der Waals surface area contributed by atoms with E-state index in [9.17, 15) is 19.5 Å². The Balaban J connectivity index is 1.57. The van der Waals surface area contributed by atoms with E-state index in [-0.39, 0.29) is 24.9 Å². The molecule has 0 spiro atoms. The molecule has 0 aliphatic heterocycles. The lowest BCUT2D eigenvalue weighted by Crippen LogP contribution is -2.47. The number of carboxylic acid groups (broad SMARTS) is 1. The minimum Gasteiger partial charge on any atom is -0.480 e. The van der Waals surface area contributed by atoms with Crippen LogP contribution < -0.4 is 10.6 Å². The number of amides is 2. The summed E-state index contributed by atoms with van der Waals surface area (Å²) in [5, 5.41) is 14.5. The van der Waals surface area contributed by atoms with Gasteiger partial charge in [0.25, 0.3) is 0 Å². The molecule has 1 aliphatic rings. The van der Waals surface area contributed by atoms with E-state index >= 15 is 0 Å². The van der Waals surface area contributed by atoms with E-state index in [1.54, 1.807) is 13.8 Å². The molecule has 1 aliphatic carbocycles. The third kappa shape index (κ3) is 5.28. The number of hydrogen-bond donors (Lipinski definition) is 3. The van der Waals surface area contributed by atoms with E-state index in [4.69, 9.17) is 4.74 Å². The normalized spacial score (nSPS) is 14.2. The van der Waals surface area contributed by atoms with E-state index in [0.717, 1.165) is 22.3 Å². The van der Waals surface area contributed by atoms with Crippen LogP contribution in [0.15, 0.2) is 48.5 Å². The maximum Gasteiger partial charge on any atom is 0.407 e. The average molecular weight is 439 g/mol. The number of ether oxygens (including phenoxy) is 1. The second-order valence-electron chi connectivity index (χ2n) is 8.41. The summed E-state index contributed by atoms with van der Waals surface area (Å²) >= 11 is 0. The third-order valence-electron chi connectivity index (χ3n) is 5.84. The van der Waals surface area contributed by atoms with E-state index in [2.05, 4.69) is 22.8 Å². The fraction of sp³-hybridized carbons (Fsp3) is 0.400. The van der Waals surface area contributed by atoms with Crippen LogP contribution in [-0.2, 0) is 14.3 Å². The molecule has 0 aromatic heterocycles. The first kappa shape index (κ1) is 23.3. The molecule has 3 rings (SSSR count). The van der Waals surface area contributed by atoms with Crippen molar-refractivity contribution in [2.45, 2.75) is 51.6 Å². The molecular weight excluding hydrogens is 408 g/mol. The molecule has 2 amide bonds. The summed E-state index contributed by atoms with van der Waals surface area (Å²) in [5.41, 5.74) is 4.55. The van der Waals surface area contributed by atoms with Crippen molar-refractivity contribution < 1.29 is 24.2 Å². The van der Waals surface area contributed by atoms with Crippen molar-refractivity contribution in [1.29, 1.82) is 0 Å². The number of carbonyl (C=O) groups excluding carboxylic acids is 2. The average Bonchev–Trinajstić information content (AvgIpc) is 3.09. The minimum atomic E-state index is -1.08. The molecule has 0 heterocycles. The fourth-order valence-corrected chi connectivity index (χ4v) is 4.07. The molecule has 32 heavy (non-hydrogen) atoms. The fourth-order valence-electron chi connectivity index (χ4n) is 4.07. The standard InChI is InChI=1S/C25H30N2O5/c1-4-16(13-22(28)27-23(15(2)3)24(29)30)26-25(31)32-14-21-19-11-7-5-9-17(19)18-10-6-8-12-20(18)21/h5-12,15-16,21,23H,4,13-14H2,1-3H3,(H,26,31)(H,27,28)(H,29,30)/t16-,23?/m0/s1. The van der Waals surface area contributed by atoms with Gasteiger partial charge in [0, 0.05) is 18.4 Å². The third-order valence-corrected chi connectivity index (χ3v) is 5.84. The lowest BCUT2D eigenvalue weighted by molar-refractivity contribution is -0.143. The predicted octanol–water partition coefficient (Wildman–Crippen LogP) is 3.92. The highest BCUT2D eigenvalue weighted by atomic mass is 16.5. The van der Waals surface area contributed by atoms with Gasteiger partial charge in [0.2, 0.25) is 5.91 Å². The summed E-state index contributed by atoms with van der Waals surface area (Å²) in [7, 11) is 0. The second-order valence-corrected chi connectivity index (χ2v) is 8.41. The molecular formula is C25H30N2O5. The van der Waals surface area contributed by atoms with Gasteiger partial charge in [-0.15, -0.1) is 0 Å². The van der Waals surface area contributed by atoms with Crippen LogP contribution in [0.25, 0.3) is 11.1 Å². The van der Waals surface area contributed by atoms with Crippen LogP contribution >= 0.6 is 0 Å². The summed E-state index contributed by atoms with van der Waals surface area (Å²) in [5.74, 6) is -1.78. The van der Waals surface area contributed by atoms with Crippen molar-refractivity contribution in [3.05, 3.63) is 59.7 Å². The van der Waals surface area contributed by atoms with Crippen molar-refractivity contribution in [2.24, 2.45) is 5.92 Å². The van der Waals surface area contributed by atoms with Crippen molar-refractivity contribution in [1.82, 2.24) is 10.6 Å². The maximum absolute atomic E-state index is 12.5. The SMILES string of the molecule is CC[C@@H](CC(=O)NC(C(=O)O)C(C)C)NC(=O)OCC1c2ccccc2-c2ccccc21. The van der Waals surface area contributed by atoms with Crippen LogP contribution in [0.5, 0.6) is 0 Å². The highest BCUT2D eigenvalue weighted by Gasteiger charge is 2.29. The topological polar surface area (TPSA) is 105 Å². The molecule has 2 aromatic rings. The molecule has 0 saturated heterocycles. The van der Waals surface area contributed by atoms with Crippen molar-refractivity contribution in [2.75, 3.05) is 6.61 Å². The molecule has 0 saturated carbocycles. The highest BCUT2D eigenvalue weighted by Crippen LogP contribution is 2.44. The van der Waals surface area contributed by atoms with Gasteiger partial charge in [-0.05, 0) is 34.6 Å². The second kappa shape index (κ2) is 10.3. The van der Waals surface area contributed by atoms with Crippen molar-refractivity contribution in [3.8, 4) is 11.1 Å². The smallest absolute Gasteiger partial charge is 0.407 e. The van der Waals surface area contributed by atoms with Crippen LogP contribution in [0.4, 0.5) is 4.79 Å². The lowest BCUT2D eigenvalue weighted by Gasteiger charge is -2.21. The Morgan fingerprint density at radius 1 is 0.969 bits per heavy atom. The van der Waals surface area contributed by atoms with Gasteiger partial charge in [-0.2, -0.15) is 0 Å². The van der Waals surface area contributed by atoms with Gasteiger partial charge in [0.1, 0.15) is 12.6 Å². The number of nitrogens with one attached hydrogen (secondary N) is 2. The first-order chi connectivity index (χ1) is 15.3. The molecule has 0 fully saturated rings. The summed E-state index contributed by atoms with van der Waals surface area (Å²) < 4.78 is 5.54. The summed E-state index contributed by atoms with van der Waals surface area (Å²) in [6.07, 6.45) is -0.0982. The number of hydrogen-bond acceptors (Lipinski definition) is 4. The molecule has 0 bridgehead atoms. The summed E-state index contributed by atoms with van der Waals surface area (Å²) in [6.45, 7) is 5.49. The number of rotatable bonds is 9. The van der Waals surface area contributed by atoms with Gasteiger partial charge in [-0.1, -0.05) is 69.3 Å². The van der Waals surface area contributed by atoms with Crippen LogP contribution in [-0.4, -0.2) is 41.8 Å². The van der Waals surface area contributed by atoms with Gasteiger partial charge >= 0.3 is 12.1 Å². The Morgan fingerprint density at radius 3 is 2.03 bits per heavy atom. The Kier molecular flexibility index (Phi) is 7.51. The molecule has 7 nitrogen and oxygen atoms in total. The van der Waals surface area contributed by atoms with Crippen LogP contribution in [0.2, 0.25) is 0 Å². The highest BCUT2D eigenvalue weighted by molar-refractivity contribution is 5.84.